The van der Waals surface area contributed by atoms with E-state index in [0.717, 1.165) is 0 Å². The van der Waals surface area contributed by atoms with Gasteiger partial charge in [-0.1, -0.05) is 0 Å². The molecule has 0 spiro atoms. The van der Waals surface area contributed by atoms with Crippen LogP contribution in [0.4, 0.5) is 26.3 Å². The van der Waals surface area contributed by atoms with Crippen LogP contribution in [0.15, 0.2) is 0 Å². The van der Waals surface area contributed by atoms with Crippen molar-refractivity contribution in [3.8, 4) is 0 Å². The van der Waals surface area contributed by atoms with Gasteiger partial charge in [-0.3, -0.25) is 0 Å². The van der Waals surface area contributed by atoms with Crippen LogP contribution in [0.3, 0.4) is 0 Å². The molecule has 1 nitrogen and oxygen atoms in total. The fourth-order valence-electron chi connectivity index (χ4n) is 3.83. The lowest BCUT2D eigenvalue weighted by molar-refractivity contribution is -0.470. The zero-order chi connectivity index (χ0) is 13.5. The topological polar surface area (TPSA) is 9.23 Å². The lowest BCUT2D eigenvalue weighted by Gasteiger charge is -2.57. The van der Waals surface area contributed by atoms with Gasteiger partial charge in [0, 0.05) is 11.3 Å². The molecule has 3 unspecified atom stereocenters. The second-order valence-corrected chi connectivity index (χ2v) is 5.81. The first-order valence-corrected chi connectivity index (χ1v) is 5.98. The lowest BCUT2D eigenvalue weighted by atomic mass is 9.68. The number of rotatable bonds is 0. The highest BCUT2D eigenvalue weighted by molar-refractivity contribution is 6.21. The largest absolute Gasteiger partial charge is 0.426 e. The molecule has 104 valence electrons. The monoisotopic (exact) mass is 294 g/mol. The summed E-state index contributed by atoms with van der Waals surface area (Å²) in [6.07, 6.45) is -11.1. The normalized spacial score (nSPS) is 45.8. The van der Waals surface area contributed by atoms with Gasteiger partial charge >= 0.3 is 12.4 Å². The van der Waals surface area contributed by atoms with Gasteiger partial charge in [0.05, 0.1) is 6.10 Å². The van der Waals surface area contributed by atoms with E-state index in [1.165, 1.54) is 0 Å². The van der Waals surface area contributed by atoms with Crippen LogP contribution in [0.2, 0.25) is 0 Å². The minimum Gasteiger partial charge on any atom is -0.354 e. The summed E-state index contributed by atoms with van der Waals surface area (Å²) >= 11 is 5.84. The molecule has 1 saturated heterocycles. The summed E-state index contributed by atoms with van der Waals surface area (Å²) in [7, 11) is 0. The minimum atomic E-state index is -5.45. The van der Waals surface area contributed by atoms with E-state index < -0.39 is 41.3 Å². The Hall–Kier alpha value is -0.170. The van der Waals surface area contributed by atoms with E-state index in [2.05, 4.69) is 4.74 Å². The molecule has 2 aliphatic carbocycles. The highest BCUT2D eigenvalue weighted by Crippen LogP contribution is 2.69. The molecule has 3 aliphatic rings. The number of alkyl halides is 7. The molecule has 18 heavy (non-hydrogen) atoms. The third kappa shape index (κ3) is 1.25. The fourth-order valence-corrected chi connectivity index (χ4v) is 4.32. The molecule has 2 saturated carbocycles. The molecule has 3 fully saturated rings. The summed E-state index contributed by atoms with van der Waals surface area (Å²) in [5.74, 6) is -2.59. The van der Waals surface area contributed by atoms with Crippen molar-refractivity contribution >= 4 is 11.6 Å². The summed E-state index contributed by atoms with van der Waals surface area (Å²) in [5, 5.41) is -0.607. The third-order valence-corrected chi connectivity index (χ3v) is 4.98. The molecule has 0 aromatic rings. The zero-order valence-corrected chi connectivity index (χ0v) is 9.61. The van der Waals surface area contributed by atoms with E-state index in [1.807, 2.05) is 0 Å². The summed E-state index contributed by atoms with van der Waals surface area (Å²) < 4.78 is 81.5. The van der Waals surface area contributed by atoms with Gasteiger partial charge in [0.2, 0.25) is 0 Å². The molecule has 3 rings (SSSR count). The number of hydrogen-bond acceptors (Lipinski definition) is 1. The maximum atomic E-state index is 12.9. The smallest absolute Gasteiger partial charge is 0.354 e. The second-order valence-electron chi connectivity index (χ2n) is 5.25. The third-order valence-electron chi connectivity index (χ3n) is 4.48. The van der Waals surface area contributed by atoms with Crippen LogP contribution in [0.1, 0.15) is 12.8 Å². The Bertz CT molecular complexity index is 364. The van der Waals surface area contributed by atoms with Gasteiger partial charge in [0.15, 0.2) is 0 Å². The zero-order valence-electron chi connectivity index (χ0n) is 8.85. The fraction of sp³-hybridized carbons (Fsp3) is 1.00. The Kier molecular flexibility index (Phi) is 2.34. The maximum Gasteiger partial charge on any atom is 0.426 e. The Morgan fingerprint density at radius 3 is 2.06 bits per heavy atom. The quantitative estimate of drug-likeness (QED) is 0.491. The average Bonchev–Trinajstić information content (AvgIpc) is 2.51. The van der Waals surface area contributed by atoms with Gasteiger partial charge in [-0.25, -0.2) is 0 Å². The molecular weight excluding hydrogens is 286 g/mol. The molecule has 2 bridgehead atoms. The molecule has 0 aromatic carbocycles. The summed E-state index contributed by atoms with van der Waals surface area (Å²) in [6, 6.07) is 0. The van der Waals surface area contributed by atoms with Crippen molar-refractivity contribution in [3.05, 3.63) is 0 Å². The van der Waals surface area contributed by atoms with E-state index in [1.54, 1.807) is 0 Å². The van der Waals surface area contributed by atoms with Crippen LogP contribution >= 0.6 is 11.6 Å². The molecule has 5 atom stereocenters. The standard InChI is InChI=1S/C10H9ClF6O/c11-5-2-3-1-4(5)6-7(3)18-8(6,9(12,13)14)10(15,16)17/h3-7H,1-2H2/t3-,4-,5?,6?,7?/m0/s1. The average molecular weight is 295 g/mol. The SMILES string of the molecule is FC(F)(F)C1(C(F)(F)F)OC2C1[C@H]1C[C@H]2CC1Cl. The summed E-state index contributed by atoms with van der Waals surface area (Å²) in [6.45, 7) is 0. The van der Waals surface area contributed by atoms with Crippen molar-refractivity contribution in [2.45, 2.75) is 42.3 Å². The van der Waals surface area contributed by atoms with Crippen LogP contribution in [0.5, 0.6) is 0 Å². The number of hydrogen-bond donors (Lipinski definition) is 0. The van der Waals surface area contributed by atoms with E-state index in [4.69, 9.17) is 11.6 Å². The van der Waals surface area contributed by atoms with E-state index in [0.29, 0.717) is 12.8 Å². The number of fused-ring (bicyclic) bond motifs is 5. The van der Waals surface area contributed by atoms with Crippen LogP contribution < -0.4 is 0 Å². The van der Waals surface area contributed by atoms with Crippen molar-refractivity contribution in [1.29, 1.82) is 0 Å². The lowest BCUT2D eigenvalue weighted by Crippen LogP contribution is -2.76. The van der Waals surface area contributed by atoms with Gasteiger partial charge in [-0.2, -0.15) is 26.3 Å². The molecule has 1 heterocycles. The van der Waals surface area contributed by atoms with Gasteiger partial charge in [-0.05, 0) is 24.7 Å². The predicted octanol–water partition coefficient (Wildman–Crippen LogP) is 3.51. The van der Waals surface area contributed by atoms with Crippen molar-refractivity contribution < 1.29 is 31.1 Å². The molecule has 0 radical (unpaired) electrons. The molecule has 0 amide bonds. The van der Waals surface area contributed by atoms with Gasteiger partial charge < -0.3 is 4.74 Å². The minimum absolute atomic E-state index is 0.264. The maximum absolute atomic E-state index is 12.9. The van der Waals surface area contributed by atoms with Crippen LogP contribution in [-0.2, 0) is 4.74 Å². The molecule has 8 heteroatoms. The van der Waals surface area contributed by atoms with Gasteiger partial charge in [0.1, 0.15) is 0 Å². The van der Waals surface area contributed by atoms with Crippen LogP contribution in [0, 0.1) is 17.8 Å². The molecule has 0 N–H and O–H groups in total. The van der Waals surface area contributed by atoms with E-state index in [-0.39, 0.29) is 5.92 Å². The van der Waals surface area contributed by atoms with Gasteiger partial charge in [0.25, 0.3) is 5.60 Å². The first kappa shape index (κ1) is 12.8. The van der Waals surface area contributed by atoms with Crippen LogP contribution in [-0.4, -0.2) is 29.4 Å². The Labute approximate surface area is 103 Å². The highest BCUT2D eigenvalue weighted by Gasteiger charge is 2.86. The Balaban J connectivity index is 2.01. The number of ether oxygens (including phenoxy) is 1. The first-order chi connectivity index (χ1) is 8.09. The Morgan fingerprint density at radius 1 is 1.00 bits per heavy atom. The van der Waals surface area contributed by atoms with Crippen molar-refractivity contribution in [1.82, 2.24) is 0 Å². The van der Waals surface area contributed by atoms with Crippen molar-refractivity contribution in [3.63, 3.8) is 0 Å². The summed E-state index contributed by atoms with van der Waals surface area (Å²) in [4.78, 5) is 0. The molecule has 0 aromatic heterocycles. The first-order valence-electron chi connectivity index (χ1n) is 5.55. The van der Waals surface area contributed by atoms with E-state index >= 15 is 0 Å². The summed E-state index contributed by atoms with van der Waals surface area (Å²) in [5.41, 5.74) is -4.00. The van der Waals surface area contributed by atoms with E-state index in [9.17, 15) is 26.3 Å². The predicted molar refractivity (Wildman–Crippen MR) is 49.1 cm³/mol. The second kappa shape index (κ2) is 3.29. The van der Waals surface area contributed by atoms with Crippen molar-refractivity contribution in [2.75, 3.05) is 0 Å². The van der Waals surface area contributed by atoms with Gasteiger partial charge in [-0.15, -0.1) is 11.6 Å². The van der Waals surface area contributed by atoms with Crippen LogP contribution in [0.25, 0.3) is 0 Å². The van der Waals surface area contributed by atoms with Crippen molar-refractivity contribution in [2.24, 2.45) is 17.8 Å². The number of halogens is 7. The molecular formula is C10H9ClF6O. The highest BCUT2D eigenvalue weighted by atomic mass is 35.5. The molecule has 1 aliphatic heterocycles. The Morgan fingerprint density at radius 2 is 1.56 bits per heavy atom.